The number of fused-ring (bicyclic) bond motifs is 1. The van der Waals surface area contributed by atoms with Crippen molar-refractivity contribution in [3.8, 4) is 0 Å². The number of halogens is 5. The van der Waals surface area contributed by atoms with Gasteiger partial charge in [0, 0.05) is 4.88 Å². The summed E-state index contributed by atoms with van der Waals surface area (Å²) in [6.45, 7) is 0. The zero-order valence-electron chi connectivity index (χ0n) is 14.1. The van der Waals surface area contributed by atoms with E-state index in [0.717, 1.165) is 35.5 Å². The number of amides is 1. The standard InChI is InChI=1S/C17H13F5N2O3S/c18-10-9(11(19)13(21)14(22)12(10)20)15(25)24-16-8(17(26)27-23)6-4-2-1-3-5-7(6)28-16/h1-5,23H2,(H,24,25). The van der Waals surface area contributed by atoms with Crippen LogP contribution in [0.2, 0.25) is 0 Å². The summed E-state index contributed by atoms with van der Waals surface area (Å²) < 4.78 is 67.6. The average Bonchev–Trinajstić information content (AvgIpc) is 2.84. The molecule has 0 unspecified atom stereocenters. The topological polar surface area (TPSA) is 81.4 Å². The number of anilines is 1. The Bertz CT molecular complexity index is 947. The number of nitrogens with one attached hydrogen (secondary N) is 1. The number of hydrogen-bond acceptors (Lipinski definition) is 5. The number of carbonyl (C=O) groups excluding carboxylic acids is 2. The van der Waals surface area contributed by atoms with Crippen molar-refractivity contribution in [2.24, 2.45) is 5.90 Å². The summed E-state index contributed by atoms with van der Waals surface area (Å²) in [6, 6.07) is 0. The number of aryl methyl sites for hydroxylation is 1. The van der Waals surface area contributed by atoms with E-state index < -0.39 is 46.5 Å². The molecule has 0 radical (unpaired) electrons. The van der Waals surface area contributed by atoms with Gasteiger partial charge < -0.3 is 10.2 Å². The smallest absolute Gasteiger partial charge is 0.359 e. The SMILES string of the molecule is NOC(=O)c1c(NC(=O)c2c(F)c(F)c(F)c(F)c2F)sc2c1CCCCC2. The second-order valence-electron chi connectivity index (χ2n) is 6.07. The number of nitrogens with two attached hydrogens (primary N) is 1. The molecule has 3 rings (SSSR count). The first-order valence-electron chi connectivity index (χ1n) is 8.16. The van der Waals surface area contributed by atoms with Gasteiger partial charge >= 0.3 is 5.97 Å². The minimum atomic E-state index is -2.37. The molecule has 0 bridgehead atoms. The van der Waals surface area contributed by atoms with Gasteiger partial charge in [0.2, 0.25) is 5.82 Å². The van der Waals surface area contributed by atoms with Crippen LogP contribution in [0.4, 0.5) is 27.0 Å². The maximum absolute atomic E-state index is 13.9. The minimum absolute atomic E-state index is 0.0818. The lowest BCUT2D eigenvalue weighted by molar-refractivity contribution is 0.0504. The monoisotopic (exact) mass is 420 g/mol. The van der Waals surface area contributed by atoms with Gasteiger partial charge in [0.05, 0.1) is 5.56 Å². The number of benzene rings is 1. The van der Waals surface area contributed by atoms with Crippen molar-refractivity contribution in [1.82, 2.24) is 0 Å². The third-order valence-corrected chi connectivity index (χ3v) is 5.60. The summed E-state index contributed by atoms with van der Waals surface area (Å²) in [5, 5.41) is 1.93. The Balaban J connectivity index is 2.06. The van der Waals surface area contributed by atoms with Gasteiger partial charge in [0.1, 0.15) is 10.6 Å². The fraction of sp³-hybridized carbons (Fsp3) is 0.294. The molecule has 0 saturated carbocycles. The Morgan fingerprint density at radius 2 is 1.43 bits per heavy atom. The lowest BCUT2D eigenvalue weighted by Gasteiger charge is -2.10. The molecule has 1 amide bonds. The quantitative estimate of drug-likeness (QED) is 0.259. The first-order chi connectivity index (χ1) is 13.3. The molecule has 1 aromatic carbocycles. The fourth-order valence-electron chi connectivity index (χ4n) is 3.08. The highest BCUT2D eigenvalue weighted by atomic mass is 32.1. The molecule has 0 saturated heterocycles. The first-order valence-corrected chi connectivity index (χ1v) is 8.97. The zero-order valence-corrected chi connectivity index (χ0v) is 15.0. The van der Waals surface area contributed by atoms with Crippen molar-refractivity contribution in [2.45, 2.75) is 32.1 Å². The maximum atomic E-state index is 13.9. The number of rotatable bonds is 3. The molecule has 0 aliphatic heterocycles. The molecular weight excluding hydrogens is 407 g/mol. The maximum Gasteiger partial charge on any atom is 0.359 e. The number of carbonyl (C=O) groups is 2. The Labute approximate surface area is 159 Å². The van der Waals surface area contributed by atoms with Gasteiger partial charge in [-0.2, -0.15) is 5.90 Å². The first kappa shape index (κ1) is 20.2. The molecule has 11 heteroatoms. The highest BCUT2D eigenvalue weighted by Crippen LogP contribution is 2.38. The predicted octanol–water partition coefficient (Wildman–Crippen LogP) is 4.00. The fourth-order valence-corrected chi connectivity index (χ4v) is 4.35. The largest absolute Gasteiger partial charge is 0.370 e. The molecule has 1 heterocycles. The lowest BCUT2D eigenvalue weighted by Crippen LogP contribution is -2.21. The molecule has 28 heavy (non-hydrogen) atoms. The zero-order chi connectivity index (χ0) is 20.6. The van der Waals surface area contributed by atoms with Crippen LogP contribution in [-0.2, 0) is 17.7 Å². The van der Waals surface area contributed by atoms with E-state index in [1.54, 1.807) is 0 Å². The molecule has 0 spiro atoms. The molecule has 3 N–H and O–H groups in total. The van der Waals surface area contributed by atoms with Crippen LogP contribution in [0.1, 0.15) is 50.4 Å². The van der Waals surface area contributed by atoms with Crippen molar-refractivity contribution < 1.29 is 36.4 Å². The van der Waals surface area contributed by atoms with Crippen molar-refractivity contribution in [2.75, 3.05) is 5.32 Å². The van der Waals surface area contributed by atoms with Crippen LogP contribution in [0, 0.1) is 29.1 Å². The Morgan fingerprint density at radius 3 is 2.04 bits per heavy atom. The van der Waals surface area contributed by atoms with E-state index >= 15 is 0 Å². The molecule has 150 valence electrons. The van der Waals surface area contributed by atoms with Gasteiger partial charge in [-0.25, -0.2) is 26.7 Å². The molecule has 0 atom stereocenters. The molecule has 0 fully saturated rings. The Hall–Kier alpha value is -2.53. The van der Waals surface area contributed by atoms with Gasteiger partial charge in [0.25, 0.3) is 5.91 Å². The summed E-state index contributed by atoms with van der Waals surface area (Å²) >= 11 is 0.970. The summed E-state index contributed by atoms with van der Waals surface area (Å²) in [5.74, 6) is -9.03. The van der Waals surface area contributed by atoms with Crippen LogP contribution in [0.3, 0.4) is 0 Å². The van der Waals surface area contributed by atoms with Crippen molar-refractivity contribution in [3.63, 3.8) is 0 Å². The summed E-state index contributed by atoms with van der Waals surface area (Å²) in [5.41, 5.74) is -1.14. The minimum Gasteiger partial charge on any atom is -0.370 e. The van der Waals surface area contributed by atoms with E-state index in [0.29, 0.717) is 18.4 Å². The molecule has 1 aliphatic rings. The van der Waals surface area contributed by atoms with Crippen LogP contribution in [0.5, 0.6) is 0 Å². The number of thiophene rings is 1. The number of hydrogen-bond donors (Lipinski definition) is 2. The second-order valence-corrected chi connectivity index (χ2v) is 7.18. The predicted molar refractivity (Wildman–Crippen MR) is 89.4 cm³/mol. The van der Waals surface area contributed by atoms with Crippen molar-refractivity contribution in [3.05, 3.63) is 50.7 Å². The highest BCUT2D eigenvalue weighted by molar-refractivity contribution is 7.17. The molecule has 2 aromatic rings. The molecular formula is C17H13F5N2O3S. The third kappa shape index (κ3) is 3.35. The van der Waals surface area contributed by atoms with Crippen LogP contribution < -0.4 is 11.2 Å². The van der Waals surface area contributed by atoms with E-state index in [1.165, 1.54) is 0 Å². The van der Waals surface area contributed by atoms with Gasteiger partial charge in [-0.05, 0) is 31.2 Å². The van der Waals surface area contributed by atoms with Crippen LogP contribution in [0.25, 0.3) is 0 Å². The van der Waals surface area contributed by atoms with Gasteiger partial charge in [-0.15, -0.1) is 11.3 Å². The van der Waals surface area contributed by atoms with Crippen LogP contribution >= 0.6 is 11.3 Å². The van der Waals surface area contributed by atoms with Gasteiger partial charge in [0.15, 0.2) is 23.3 Å². The van der Waals surface area contributed by atoms with Crippen molar-refractivity contribution >= 4 is 28.2 Å². The Morgan fingerprint density at radius 1 is 0.857 bits per heavy atom. The summed E-state index contributed by atoms with van der Waals surface area (Å²) in [4.78, 5) is 29.4. The lowest BCUT2D eigenvalue weighted by atomic mass is 10.1. The van der Waals surface area contributed by atoms with E-state index in [1.807, 2.05) is 0 Å². The summed E-state index contributed by atoms with van der Waals surface area (Å²) in [7, 11) is 0. The van der Waals surface area contributed by atoms with E-state index in [4.69, 9.17) is 5.90 Å². The highest BCUT2D eigenvalue weighted by Gasteiger charge is 2.32. The molecule has 1 aliphatic carbocycles. The van der Waals surface area contributed by atoms with Gasteiger partial charge in [-0.1, -0.05) is 6.42 Å². The van der Waals surface area contributed by atoms with E-state index in [9.17, 15) is 31.5 Å². The normalized spacial score (nSPS) is 13.6. The van der Waals surface area contributed by atoms with Crippen LogP contribution in [-0.4, -0.2) is 11.9 Å². The molecule has 1 aromatic heterocycles. The third-order valence-electron chi connectivity index (χ3n) is 4.40. The van der Waals surface area contributed by atoms with Gasteiger partial charge in [-0.3, -0.25) is 4.79 Å². The van der Waals surface area contributed by atoms with E-state index in [2.05, 4.69) is 10.2 Å². The Kier molecular flexibility index (Phi) is 5.66. The second kappa shape index (κ2) is 7.84. The molecule has 5 nitrogen and oxygen atoms in total. The van der Waals surface area contributed by atoms with E-state index in [-0.39, 0.29) is 10.6 Å². The summed E-state index contributed by atoms with van der Waals surface area (Å²) in [6.07, 6.45) is 3.61. The average molecular weight is 420 g/mol. The van der Waals surface area contributed by atoms with Crippen molar-refractivity contribution in [1.29, 1.82) is 0 Å². The van der Waals surface area contributed by atoms with Crippen LogP contribution in [0.15, 0.2) is 0 Å².